The van der Waals surface area contributed by atoms with Gasteiger partial charge in [-0.25, -0.2) is 0 Å². The molecule has 0 aromatic heterocycles. The van der Waals surface area contributed by atoms with Crippen LogP contribution in [0.3, 0.4) is 0 Å². The van der Waals surface area contributed by atoms with Gasteiger partial charge in [-0.1, -0.05) is 33.6 Å². The van der Waals surface area contributed by atoms with Gasteiger partial charge in [-0.2, -0.15) is 0 Å². The Morgan fingerprint density at radius 3 is 1.79 bits per heavy atom. The van der Waals surface area contributed by atoms with Gasteiger partial charge in [0.25, 0.3) is 0 Å². The van der Waals surface area contributed by atoms with E-state index in [2.05, 4.69) is 31.4 Å². The van der Waals surface area contributed by atoms with E-state index < -0.39 is 0 Å². The Balaban J connectivity index is 0.000000217. The molecule has 0 aromatic rings. The van der Waals surface area contributed by atoms with Crippen LogP contribution >= 0.6 is 0 Å². The van der Waals surface area contributed by atoms with Crippen molar-refractivity contribution in [1.29, 1.82) is 0 Å². The summed E-state index contributed by atoms with van der Waals surface area (Å²) >= 11 is 0. The molecule has 2 aliphatic heterocycles. The molecule has 0 bridgehead atoms. The van der Waals surface area contributed by atoms with Crippen LogP contribution in [0, 0.1) is 10.8 Å². The first-order chi connectivity index (χ1) is 13.2. The fraction of sp³-hybridized carbons (Fsp3) is 0.909. The second-order valence-corrected chi connectivity index (χ2v) is 9.85. The number of carbonyl (C=O) groups excluding carboxylic acids is 2. The number of nitrogens with two attached hydrogens (primary N) is 2. The van der Waals surface area contributed by atoms with Gasteiger partial charge in [-0.05, 0) is 62.3 Å². The Morgan fingerprint density at radius 1 is 0.857 bits per heavy atom. The van der Waals surface area contributed by atoms with Gasteiger partial charge in [0, 0.05) is 32.0 Å². The molecule has 3 fully saturated rings. The summed E-state index contributed by atoms with van der Waals surface area (Å²) in [4.78, 5) is 21.1. The summed E-state index contributed by atoms with van der Waals surface area (Å²) in [7, 11) is 0. The van der Waals surface area contributed by atoms with Gasteiger partial charge in [0.1, 0.15) is 0 Å². The fourth-order valence-corrected chi connectivity index (χ4v) is 4.68. The van der Waals surface area contributed by atoms with E-state index in [1.807, 2.05) is 0 Å². The van der Waals surface area contributed by atoms with Crippen molar-refractivity contribution in [2.75, 3.05) is 19.6 Å². The standard InChI is InChI=1S/C10H22N2.2C6H11NO/c1-9(2)4-8(12)5-10(3,6-9)7-11;2*8-6-4-2-1-3-5-7-6/h8H,4-7,11-12H2,1-3H3;2*1-5H2,(H,7,8). The minimum atomic E-state index is 0.225. The average Bonchev–Trinajstić information content (AvgIpc) is 2.98. The molecule has 164 valence electrons. The third-order valence-corrected chi connectivity index (χ3v) is 5.77. The number of nitrogens with one attached hydrogen (secondary N) is 2. The second kappa shape index (κ2) is 12.4. The first-order valence-corrected chi connectivity index (χ1v) is 11.1. The topological polar surface area (TPSA) is 110 Å². The molecule has 3 aliphatic rings. The lowest BCUT2D eigenvalue weighted by molar-refractivity contribution is -0.121. The van der Waals surface area contributed by atoms with Crippen LogP contribution in [-0.4, -0.2) is 37.5 Å². The SMILES string of the molecule is CC1(C)CC(N)CC(C)(CN)C1.O=C1CCCCCN1.O=C1CCCCCN1. The summed E-state index contributed by atoms with van der Waals surface area (Å²) in [6.45, 7) is 9.38. The van der Waals surface area contributed by atoms with Crippen molar-refractivity contribution >= 4 is 11.8 Å². The van der Waals surface area contributed by atoms with Crippen molar-refractivity contribution < 1.29 is 9.59 Å². The van der Waals surface area contributed by atoms with Crippen LogP contribution in [0.25, 0.3) is 0 Å². The quantitative estimate of drug-likeness (QED) is 0.546. The van der Waals surface area contributed by atoms with Crippen LogP contribution < -0.4 is 22.1 Å². The Morgan fingerprint density at radius 2 is 1.36 bits per heavy atom. The van der Waals surface area contributed by atoms with Crippen LogP contribution in [-0.2, 0) is 9.59 Å². The third kappa shape index (κ3) is 11.0. The second-order valence-electron chi connectivity index (χ2n) is 9.85. The van der Waals surface area contributed by atoms with Gasteiger partial charge in [0.2, 0.25) is 11.8 Å². The molecule has 0 spiro atoms. The van der Waals surface area contributed by atoms with Crippen molar-refractivity contribution in [3.8, 4) is 0 Å². The van der Waals surface area contributed by atoms with E-state index in [-0.39, 0.29) is 17.2 Å². The van der Waals surface area contributed by atoms with Gasteiger partial charge in [-0.15, -0.1) is 0 Å². The minimum Gasteiger partial charge on any atom is -0.356 e. The molecule has 1 saturated carbocycles. The van der Waals surface area contributed by atoms with Crippen LogP contribution in [0.15, 0.2) is 0 Å². The normalized spacial score (nSPS) is 30.1. The largest absolute Gasteiger partial charge is 0.356 e. The summed E-state index contributed by atoms with van der Waals surface area (Å²) in [6.07, 6.45) is 11.8. The lowest BCUT2D eigenvalue weighted by Gasteiger charge is -2.45. The zero-order valence-corrected chi connectivity index (χ0v) is 18.4. The summed E-state index contributed by atoms with van der Waals surface area (Å²) in [6, 6.07) is 0.349. The van der Waals surface area contributed by atoms with Crippen LogP contribution in [0.2, 0.25) is 0 Å². The number of hydrogen-bond donors (Lipinski definition) is 4. The molecular weight excluding hydrogens is 352 g/mol. The van der Waals surface area contributed by atoms with E-state index in [1.54, 1.807) is 0 Å². The van der Waals surface area contributed by atoms with E-state index in [9.17, 15) is 9.59 Å². The van der Waals surface area contributed by atoms with E-state index >= 15 is 0 Å². The highest BCUT2D eigenvalue weighted by molar-refractivity contribution is 5.76. The molecule has 2 atom stereocenters. The van der Waals surface area contributed by atoms with E-state index in [4.69, 9.17) is 11.5 Å². The molecule has 1 aliphatic carbocycles. The monoisotopic (exact) mass is 396 g/mol. The predicted molar refractivity (Wildman–Crippen MR) is 116 cm³/mol. The van der Waals surface area contributed by atoms with Crippen molar-refractivity contribution in [1.82, 2.24) is 10.6 Å². The Kier molecular flexibility index (Phi) is 11.1. The smallest absolute Gasteiger partial charge is 0.219 e. The fourth-order valence-electron chi connectivity index (χ4n) is 4.68. The van der Waals surface area contributed by atoms with Crippen LogP contribution in [0.1, 0.15) is 91.4 Å². The minimum absolute atomic E-state index is 0.225. The Bertz CT molecular complexity index is 437. The Hall–Kier alpha value is -1.14. The van der Waals surface area contributed by atoms with Gasteiger partial charge >= 0.3 is 0 Å². The maximum absolute atomic E-state index is 10.6. The summed E-state index contributed by atoms with van der Waals surface area (Å²) in [5.74, 6) is 0.449. The molecular formula is C22H44N4O2. The molecule has 6 nitrogen and oxygen atoms in total. The summed E-state index contributed by atoms with van der Waals surface area (Å²) < 4.78 is 0. The molecule has 3 rings (SSSR count). The molecule has 0 aromatic carbocycles. The molecule has 0 radical (unpaired) electrons. The maximum atomic E-state index is 10.6. The molecule has 6 heteroatoms. The summed E-state index contributed by atoms with van der Waals surface area (Å²) in [5, 5.41) is 5.61. The average molecular weight is 397 g/mol. The van der Waals surface area contributed by atoms with Gasteiger partial charge < -0.3 is 22.1 Å². The number of rotatable bonds is 1. The van der Waals surface area contributed by atoms with E-state index in [0.717, 1.165) is 71.0 Å². The third-order valence-electron chi connectivity index (χ3n) is 5.77. The lowest BCUT2D eigenvalue weighted by atomic mass is 9.63. The lowest BCUT2D eigenvalue weighted by Crippen LogP contribution is -2.45. The first-order valence-electron chi connectivity index (χ1n) is 11.1. The maximum Gasteiger partial charge on any atom is 0.219 e. The first kappa shape index (κ1) is 24.9. The highest BCUT2D eigenvalue weighted by Gasteiger charge is 2.38. The molecule has 2 saturated heterocycles. The highest BCUT2D eigenvalue weighted by Crippen LogP contribution is 2.44. The van der Waals surface area contributed by atoms with Gasteiger partial charge in [0.05, 0.1) is 0 Å². The number of carbonyl (C=O) groups is 2. The number of amides is 2. The van der Waals surface area contributed by atoms with E-state index in [1.165, 1.54) is 19.3 Å². The van der Waals surface area contributed by atoms with E-state index in [0.29, 0.717) is 11.5 Å². The zero-order valence-electron chi connectivity index (χ0n) is 18.4. The molecule has 28 heavy (non-hydrogen) atoms. The van der Waals surface area contributed by atoms with Gasteiger partial charge in [-0.3, -0.25) is 9.59 Å². The van der Waals surface area contributed by atoms with Crippen molar-refractivity contribution in [2.24, 2.45) is 22.3 Å². The summed E-state index contributed by atoms with van der Waals surface area (Å²) in [5.41, 5.74) is 12.4. The molecule has 2 amide bonds. The number of hydrogen-bond acceptors (Lipinski definition) is 4. The molecule has 2 unspecified atom stereocenters. The van der Waals surface area contributed by atoms with Crippen LogP contribution in [0.5, 0.6) is 0 Å². The highest BCUT2D eigenvalue weighted by atomic mass is 16.2. The van der Waals surface area contributed by atoms with Crippen LogP contribution in [0.4, 0.5) is 0 Å². The molecule has 6 N–H and O–H groups in total. The zero-order chi connectivity index (χ0) is 21.0. The van der Waals surface area contributed by atoms with Crippen molar-refractivity contribution in [2.45, 2.75) is 97.4 Å². The Labute approximate surface area is 171 Å². The molecule has 2 heterocycles. The van der Waals surface area contributed by atoms with Gasteiger partial charge in [0.15, 0.2) is 0 Å². The van der Waals surface area contributed by atoms with Crippen molar-refractivity contribution in [3.63, 3.8) is 0 Å². The van der Waals surface area contributed by atoms with Crippen molar-refractivity contribution in [3.05, 3.63) is 0 Å². The predicted octanol–water partition coefficient (Wildman–Crippen LogP) is 2.84.